The molecule has 1 aliphatic rings. The summed E-state index contributed by atoms with van der Waals surface area (Å²) in [6.45, 7) is 5.85. The SMILES string of the molecule is CCC(=O)c1ccc(OC=C2NC(c3cccc4ccccc34)=CS2)c(C)c1C. The molecule has 0 fully saturated rings. The van der Waals surface area contributed by atoms with Gasteiger partial charge in [-0.2, -0.15) is 0 Å². The summed E-state index contributed by atoms with van der Waals surface area (Å²) in [6, 6.07) is 18.4. The molecule has 0 aliphatic carbocycles. The van der Waals surface area contributed by atoms with Gasteiger partial charge in [-0.25, -0.2) is 0 Å². The summed E-state index contributed by atoms with van der Waals surface area (Å²) in [5.74, 6) is 0.927. The third-order valence-corrected chi connectivity index (χ3v) is 6.10. The number of rotatable bonds is 5. The minimum Gasteiger partial charge on any atom is -0.462 e. The Kier molecular flexibility index (Phi) is 5.45. The molecule has 0 spiro atoms. The molecule has 0 atom stereocenters. The van der Waals surface area contributed by atoms with E-state index in [1.807, 2.05) is 32.9 Å². The van der Waals surface area contributed by atoms with Crippen molar-refractivity contribution in [2.45, 2.75) is 27.2 Å². The van der Waals surface area contributed by atoms with Crippen LogP contribution in [0.25, 0.3) is 16.5 Å². The Morgan fingerprint density at radius 3 is 2.66 bits per heavy atom. The number of nitrogens with one attached hydrogen (secondary N) is 1. The molecule has 3 aromatic rings. The van der Waals surface area contributed by atoms with Gasteiger partial charge in [0.1, 0.15) is 17.0 Å². The van der Waals surface area contributed by atoms with Gasteiger partial charge in [-0.3, -0.25) is 4.79 Å². The first-order valence-electron chi connectivity index (χ1n) is 9.70. The predicted molar refractivity (Wildman–Crippen MR) is 122 cm³/mol. The highest BCUT2D eigenvalue weighted by Crippen LogP contribution is 2.34. The Morgan fingerprint density at radius 1 is 1.03 bits per heavy atom. The van der Waals surface area contributed by atoms with Crippen LogP contribution in [-0.4, -0.2) is 5.78 Å². The second kappa shape index (κ2) is 8.18. The first kappa shape index (κ1) is 19.3. The van der Waals surface area contributed by atoms with Gasteiger partial charge in [-0.1, -0.05) is 61.2 Å². The molecule has 0 bridgehead atoms. The summed E-state index contributed by atoms with van der Waals surface area (Å²) in [4.78, 5) is 12.1. The molecule has 0 radical (unpaired) electrons. The van der Waals surface area contributed by atoms with E-state index in [0.717, 1.165) is 33.2 Å². The summed E-state index contributed by atoms with van der Waals surface area (Å²) >= 11 is 1.60. The van der Waals surface area contributed by atoms with Crippen LogP contribution in [0.2, 0.25) is 0 Å². The molecule has 4 rings (SSSR count). The normalized spacial score (nSPS) is 14.7. The molecule has 3 nitrogen and oxygen atoms in total. The molecule has 1 N–H and O–H groups in total. The Bertz CT molecular complexity index is 1160. The molecule has 0 aromatic heterocycles. The molecule has 3 aromatic carbocycles. The molecule has 4 heteroatoms. The highest BCUT2D eigenvalue weighted by Gasteiger charge is 2.15. The number of thioether (sulfide) groups is 1. The van der Waals surface area contributed by atoms with Crippen LogP contribution in [0.15, 0.2) is 71.3 Å². The van der Waals surface area contributed by atoms with Crippen LogP contribution in [0.3, 0.4) is 0 Å². The second-order valence-electron chi connectivity index (χ2n) is 7.04. The zero-order valence-corrected chi connectivity index (χ0v) is 17.6. The number of ketones is 1. The van der Waals surface area contributed by atoms with E-state index in [-0.39, 0.29) is 5.78 Å². The molecule has 146 valence electrons. The van der Waals surface area contributed by atoms with E-state index < -0.39 is 0 Å². The number of ether oxygens (including phenoxy) is 1. The lowest BCUT2D eigenvalue weighted by molar-refractivity contribution is 0.0987. The van der Waals surface area contributed by atoms with Crippen molar-refractivity contribution < 1.29 is 9.53 Å². The van der Waals surface area contributed by atoms with Gasteiger partial charge in [0.05, 0.1) is 5.70 Å². The van der Waals surface area contributed by atoms with Gasteiger partial charge >= 0.3 is 0 Å². The Morgan fingerprint density at radius 2 is 1.83 bits per heavy atom. The smallest absolute Gasteiger partial charge is 0.162 e. The molecule has 1 aliphatic heterocycles. The zero-order valence-electron chi connectivity index (χ0n) is 16.8. The first-order valence-corrected chi connectivity index (χ1v) is 10.6. The van der Waals surface area contributed by atoms with E-state index >= 15 is 0 Å². The largest absolute Gasteiger partial charge is 0.462 e. The minimum atomic E-state index is 0.160. The van der Waals surface area contributed by atoms with Crippen molar-refractivity contribution in [2.75, 3.05) is 0 Å². The number of hydrogen-bond acceptors (Lipinski definition) is 4. The zero-order chi connectivity index (χ0) is 20.4. The number of Topliss-reactive ketones (excluding diaryl/α,β-unsaturated/α-hetero) is 1. The topological polar surface area (TPSA) is 38.3 Å². The van der Waals surface area contributed by atoms with Gasteiger partial charge in [-0.05, 0) is 47.9 Å². The lowest BCUT2D eigenvalue weighted by Gasteiger charge is -2.12. The fourth-order valence-corrected chi connectivity index (χ4v) is 4.20. The van der Waals surface area contributed by atoms with Crippen molar-refractivity contribution in [1.29, 1.82) is 0 Å². The van der Waals surface area contributed by atoms with Crippen molar-refractivity contribution in [3.63, 3.8) is 0 Å². The summed E-state index contributed by atoms with van der Waals surface area (Å²) < 4.78 is 5.95. The maximum absolute atomic E-state index is 12.1. The number of carbonyl (C=O) groups excluding carboxylic acids is 1. The van der Waals surface area contributed by atoms with E-state index in [4.69, 9.17) is 4.74 Å². The van der Waals surface area contributed by atoms with Crippen molar-refractivity contribution in [2.24, 2.45) is 0 Å². The average Bonchev–Trinajstić information content (AvgIpc) is 3.22. The van der Waals surface area contributed by atoms with Crippen LogP contribution in [0, 0.1) is 13.8 Å². The fourth-order valence-electron chi connectivity index (χ4n) is 3.50. The quantitative estimate of drug-likeness (QED) is 0.388. The molecule has 29 heavy (non-hydrogen) atoms. The minimum absolute atomic E-state index is 0.160. The Balaban J connectivity index is 1.52. The number of fused-ring (bicyclic) bond motifs is 1. The van der Waals surface area contributed by atoms with E-state index in [0.29, 0.717) is 6.42 Å². The maximum atomic E-state index is 12.1. The third-order valence-electron chi connectivity index (χ3n) is 5.29. The van der Waals surface area contributed by atoms with Gasteiger partial charge in [0.2, 0.25) is 0 Å². The predicted octanol–water partition coefficient (Wildman–Crippen LogP) is 6.56. The van der Waals surface area contributed by atoms with Crippen LogP contribution < -0.4 is 10.1 Å². The molecule has 0 saturated carbocycles. The van der Waals surface area contributed by atoms with Crippen molar-refractivity contribution in [1.82, 2.24) is 5.32 Å². The standard InChI is InChI=1S/C25H23NO2S/c1-4-23(27)19-12-13-24(17(3)16(19)2)28-14-25-26-22(15-29-25)21-11-7-9-18-8-5-6-10-20(18)21/h5-15,26H,4H2,1-3H3. The Hall–Kier alpha value is -2.98. The van der Waals surface area contributed by atoms with E-state index in [9.17, 15) is 4.79 Å². The van der Waals surface area contributed by atoms with Crippen LogP contribution >= 0.6 is 11.8 Å². The lowest BCUT2D eigenvalue weighted by atomic mass is 9.98. The average molecular weight is 402 g/mol. The monoisotopic (exact) mass is 401 g/mol. The van der Waals surface area contributed by atoms with Gasteiger partial charge in [0.25, 0.3) is 0 Å². The second-order valence-corrected chi connectivity index (χ2v) is 7.95. The number of hydrogen-bond donors (Lipinski definition) is 1. The van der Waals surface area contributed by atoms with Crippen LogP contribution in [0.5, 0.6) is 5.75 Å². The van der Waals surface area contributed by atoms with Gasteiger partial charge < -0.3 is 10.1 Å². The highest BCUT2D eigenvalue weighted by molar-refractivity contribution is 8.06. The van der Waals surface area contributed by atoms with Crippen molar-refractivity contribution in [3.05, 3.63) is 93.6 Å². The van der Waals surface area contributed by atoms with Crippen LogP contribution in [-0.2, 0) is 0 Å². The van der Waals surface area contributed by atoms with Crippen molar-refractivity contribution in [3.8, 4) is 5.75 Å². The molecule has 1 heterocycles. The van der Waals surface area contributed by atoms with Crippen LogP contribution in [0.4, 0.5) is 0 Å². The summed E-state index contributed by atoms with van der Waals surface area (Å²) in [5, 5.41) is 8.93. The number of carbonyl (C=O) groups is 1. The van der Waals surface area contributed by atoms with Crippen molar-refractivity contribution >= 4 is 34.0 Å². The Labute approximate surface area is 175 Å². The fraction of sp³-hybridized carbons (Fsp3) is 0.160. The molecule has 0 saturated heterocycles. The molecular weight excluding hydrogens is 378 g/mol. The van der Waals surface area contributed by atoms with Gasteiger partial charge in [-0.15, -0.1) is 0 Å². The van der Waals surface area contributed by atoms with E-state index in [2.05, 4.69) is 53.2 Å². The van der Waals surface area contributed by atoms with Gasteiger partial charge in [0, 0.05) is 23.0 Å². The van der Waals surface area contributed by atoms with Gasteiger partial charge in [0.15, 0.2) is 5.78 Å². The first-order chi connectivity index (χ1) is 14.1. The summed E-state index contributed by atoms with van der Waals surface area (Å²) in [5.41, 5.74) is 4.99. The lowest BCUT2D eigenvalue weighted by Crippen LogP contribution is -2.06. The molecule has 0 unspecified atom stereocenters. The molecular formula is C25H23NO2S. The highest BCUT2D eigenvalue weighted by atomic mass is 32.2. The van der Waals surface area contributed by atoms with E-state index in [1.54, 1.807) is 18.0 Å². The van der Waals surface area contributed by atoms with Crippen LogP contribution in [0.1, 0.15) is 40.4 Å². The number of benzene rings is 3. The third kappa shape index (κ3) is 3.81. The van der Waals surface area contributed by atoms with E-state index in [1.165, 1.54) is 16.3 Å². The maximum Gasteiger partial charge on any atom is 0.162 e. The summed E-state index contributed by atoms with van der Waals surface area (Å²) in [7, 11) is 0. The summed E-state index contributed by atoms with van der Waals surface area (Å²) in [6.07, 6.45) is 2.25. The molecule has 0 amide bonds.